The highest BCUT2D eigenvalue weighted by Gasteiger charge is 2.01. The molecule has 0 heteroatoms. The number of hydrogen-bond acceptors (Lipinski definition) is 0. The quantitative estimate of drug-likeness (QED) is 0.342. The Balaban J connectivity index is 3.02. The van der Waals surface area contributed by atoms with Crippen LogP contribution in [0.15, 0.2) is 0 Å². The molecule has 0 aromatic rings. The molecule has 1 radical (unpaired) electrons. The molecule has 0 amide bonds. The minimum atomic E-state index is 1.34. The normalized spacial score (nSPS) is 11.2. The van der Waals surface area contributed by atoms with Gasteiger partial charge in [-0.25, -0.2) is 0 Å². The second kappa shape index (κ2) is 13.1. The summed E-state index contributed by atoms with van der Waals surface area (Å²) in [5.41, 5.74) is 0. The minimum absolute atomic E-state index is 1.34. The Morgan fingerprint density at radius 2 is 1.00 bits per heavy atom. The van der Waals surface area contributed by atoms with E-state index in [0.717, 1.165) is 0 Å². The van der Waals surface area contributed by atoms with Gasteiger partial charge in [-0.1, -0.05) is 85.0 Å². The van der Waals surface area contributed by atoms with Gasteiger partial charge >= 0.3 is 0 Å². The summed E-state index contributed by atoms with van der Waals surface area (Å²) in [4.78, 5) is 0. The summed E-state index contributed by atoms with van der Waals surface area (Å²) in [7, 11) is 0. The zero-order valence-electron chi connectivity index (χ0n) is 12.0. The average Bonchev–Trinajstić information content (AvgIpc) is 2.30. The van der Waals surface area contributed by atoms with Crippen molar-refractivity contribution in [2.75, 3.05) is 0 Å². The van der Waals surface area contributed by atoms with Gasteiger partial charge in [-0.3, -0.25) is 0 Å². The molecule has 0 bridgehead atoms. The molecule has 0 fully saturated rings. The zero-order valence-corrected chi connectivity index (χ0v) is 12.0. The summed E-state index contributed by atoms with van der Waals surface area (Å²) >= 11 is 0. The molecule has 0 N–H and O–H groups in total. The van der Waals surface area contributed by atoms with Gasteiger partial charge in [-0.05, 0) is 18.8 Å². The first-order chi connectivity index (χ1) is 7.81. The van der Waals surface area contributed by atoms with E-state index in [1.165, 1.54) is 77.0 Å². The van der Waals surface area contributed by atoms with Crippen LogP contribution in [0.4, 0.5) is 0 Å². The van der Waals surface area contributed by atoms with Crippen molar-refractivity contribution in [2.45, 2.75) is 97.8 Å². The lowest BCUT2D eigenvalue weighted by molar-refractivity contribution is 0.557. The molecule has 0 saturated heterocycles. The summed E-state index contributed by atoms with van der Waals surface area (Å²) in [6, 6.07) is 0. The van der Waals surface area contributed by atoms with Crippen LogP contribution in [0, 0.1) is 5.92 Å². The molecule has 0 aromatic carbocycles. The fraction of sp³-hybridized carbons (Fsp3) is 0.938. The van der Waals surface area contributed by atoms with Crippen molar-refractivity contribution in [1.29, 1.82) is 0 Å². The summed E-state index contributed by atoms with van der Waals surface area (Å²) in [5, 5.41) is 0. The molecule has 0 aliphatic rings. The van der Waals surface area contributed by atoms with E-state index < -0.39 is 0 Å². The first-order valence-electron chi connectivity index (χ1n) is 7.62. The largest absolute Gasteiger partial charge is 0.0654 e. The third kappa shape index (κ3) is 12.1. The lowest BCUT2D eigenvalue weighted by Gasteiger charge is -2.09. The van der Waals surface area contributed by atoms with Gasteiger partial charge in [0.05, 0.1) is 0 Å². The van der Waals surface area contributed by atoms with Crippen molar-refractivity contribution in [1.82, 2.24) is 0 Å². The Hall–Kier alpha value is 0. The SMILES string of the molecule is CCCCCCCCCC[C](C)CCCC. The highest BCUT2D eigenvalue weighted by Crippen LogP contribution is 2.18. The standard InChI is InChI=1S/C16H33/c1-4-6-8-9-10-11-12-13-15-16(3)14-7-5-2/h4-15H2,1-3H3. The van der Waals surface area contributed by atoms with Crippen molar-refractivity contribution in [3.63, 3.8) is 0 Å². The van der Waals surface area contributed by atoms with Crippen LogP contribution in [0.25, 0.3) is 0 Å². The Morgan fingerprint density at radius 3 is 1.56 bits per heavy atom. The highest BCUT2D eigenvalue weighted by molar-refractivity contribution is 4.82. The van der Waals surface area contributed by atoms with Gasteiger partial charge in [0.15, 0.2) is 0 Å². The predicted octanol–water partition coefficient (Wildman–Crippen LogP) is 6.30. The van der Waals surface area contributed by atoms with E-state index in [1.807, 2.05) is 0 Å². The van der Waals surface area contributed by atoms with Crippen LogP contribution in [-0.2, 0) is 0 Å². The summed E-state index contributed by atoms with van der Waals surface area (Å²) in [6.07, 6.45) is 17.0. The number of hydrogen-bond donors (Lipinski definition) is 0. The van der Waals surface area contributed by atoms with Crippen LogP contribution in [-0.4, -0.2) is 0 Å². The Morgan fingerprint density at radius 1 is 0.562 bits per heavy atom. The fourth-order valence-electron chi connectivity index (χ4n) is 2.16. The molecule has 0 aliphatic carbocycles. The van der Waals surface area contributed by atoms with Gasteiger partial charge in [0.1, 0.15) is 0 Å². The highest BCUT2D eigenvalue weighted by atomic mass is 14.1. The van der Waals surface area contributed by atoms with Crippen LogP contribution < -0.4 is 0 Å². The number of unbranched alkanes of at least 4 members (excludes halogenated alkanes) is 8. The van der Waals surface area contributed by atoms with E-state index in [4.69, 9.17) is 0 Å². The molecule has 0 unspecified atom stereocenters. The van der Waals surface area contributed by atoms with E-state index >= 15 is 0 Å². The van der Waals surface area contributed by atoms with Gasteiger partial charge < -0.3 is 0 Å². The first kappa shape index (κ1) is 16.0. The van der Waals surface area contributed by atoms with Crippen molar-refractivity contribution < 1.29 is 0 Å². The maximum absolute atomic E-state index is 2.34. The number of rotatable bonds is 12. The molecule has 0 saturated carbocycles. The summed E-state index contributed by atoms with van der Waals surface area (Å²) in [5.74, 6) is 1.73. The first-order valence-corrected chi connectivity index (χ1v) is 7.62. The van der Waals surface area contributed by atoms with Gasteiger partial charge in [-0.15, -0.1) is 0 Å². The van der Waals surface area contributed by atoms with Gasteiger partial charge in [0.25, 0.3) is 0 Å². The van der Waals surface area contributed by atoms with Crippen LogP contribution in [0.5, 0.6) is 0 Å². The third-order valence-corrected chi connectivity index (χ3v) is 3.41. The van der Waals surface area contributed by atoms with Crippen LogP contribution in [0.2, 0.25) is 0 Å². The maximum atomic E-state index is 2.34. The van der Waals surface area contributed by atoms with Crippen LogP contribution in [0.1, 0.15) is 97.8 Å². The topological polar surface area (TPSA) is 0 Å². The maximum Gasteiger partial charge on any atom is -0.0272 e. The molecular weight excluding hydrogens is 192 g/mol. The predicted molar refractivity (Wildman–Crippen MR) is 75.7 cm³/mol. The van der Waals surface area contributed by atoms with Gasteiger partial charge in [0.2, 0.25) is 0 Å². The Labute approximate surface area is 104 Å². The molecule has 0 rings (SSSR count). The molecule has 0 aliphatic heterocycles. The molecule has 0 atom stereocenters. The van der Waals surface area contributed by atoms with E-state index in [1.54, 1.807) is 5.92 Å². The van der Waals surface area contributed by atoms with Crippen molar-refractivity contribution in [2.24, 2.45) is 0 Å². The second-order valence-corrected chi connectivity index (χ2v) is 5.29. The average molecular weight is 225 g/mol. The van der Waals surface area contributed by atoms with E-state index in [0.29, 0.717) is 0 Å². The van der Waals surface area contributed by atoms with E-state index in [2.05, 4.69) is 20.8 Å². The second-order valence-electron chi connectivity index (χ2n) is 5.29. The molecule has 0 heterocycles. The molecular formula is C16H33. The van der Waals surface area contributed by atoms with Crippen LogP contribution in [0.3, 0.4) is 0 Å². The van der Waals surface area contributed by atoms with Crippen molar-refractivity contribution >= 4 is 0 Å². The third-order valence-electron chi connectivity index (χ3n) is 3.41. The monoisotopic (exact) mass is 225 g/mol. The van der Waals surface area contributed by atoms with Crippen LogP contribution >= 0.6 is 0 Å². The minimum Gasteiger partial charge on any atom is -0.0654 e. The summed E-state index contributed by atoms with van der Waals surface area (Å²) < 4.78 is 0. The molecule has 97 valence electrons. The van der Waals surface area contributed by atoms with Crippen molar-refractivity contribution in [3.05, 3.63) is 5.92 Å². The van der Waals surface area contributed by atoms with E-state index in [-0.39, 0.29) is 0 Å². The summed E-state index contributed by atoms with van der Waals surface area (Å²) in [6.45, 7) is 6.91. The molecule has 0 aromatic heterocycles. The van der Waals surface area contributed by atoms with Crippen molar-refractivity contribution in [3.8, 4) is 0 Å². The van der Waals surface area contributed by atoms with Gasteiger partial charge in [-0.2, -0.15) is 0 Å². The molecule has 0 spiro atoms. The molecule has 16 heavy (non-hydrogen) atoms. The van der Waals surface area contributed by atoms with Gasteiger partial charge in [0, 0.05) is 0 Å². The van der Waals surface area contributed by atoms with E-state index in [9.17, 15) is 0 Å². The molecule has 0 nitrogen and oxygen atoms in total. The fourth-order valence-corrected chi connectivity index (χ4v) is 2.16. The smallest absolute Gasteiger partial charge is 0.0272 e. The lowest BCUT2D eigenvalue weighted by Crippen LogP contribution is -1.92. The lowest BCUT2D eigenvalue weighted by atomic mass is 9.97. The Bertz CT molecular complexity index is 117. The zero-order chi connectivity index (χ0) is 12.1. The Kier molecular flexibility index (Phi) is 13.1.